The standard InChI is InChI=1S/C14H19N5O2/c1-21-11-5-3-2-4-10(11)6-7-13(20)16-9-8-12-17-14(15)19-18-12/h2-5H,6-9H2,1H3,(H,16,20)(H3,15,17,18,19). The van der Waals surface area contributed by atoms with E-state index in [9.17, 15) is 4.79 Å². The molecule has 0 atom stereocenters. The lowest BCUT2D eigenvalue weighted by Gasteiger charge is -2.08. The Morgan fingerprint density at radius 1 is 1.38 bits per heavy atom. The summed E-state index contributed by atoms with van der Waals surface area (Å²) in [6, 6.07) is 7.69. The molecule has 7 nitrogen and oxygen atoms in total. The van der Waals surface area contributed by atoms with Gasteiger partial charge in [-0.3, -0.25) is 9.89 Å². The first kappa shape index (κ1) is 14.8. The summed E-state index contributed by atoms with van der Waals surface area (Å²) in [7, 11) is 1.63. The monoisotopic (exact) mass is 289 g/mol. The number of nitrogens with zero attached hydrogens (tertiary/aromatic N) is 2. The highest BCUT2D eigenvalue weighted by Gasteiger charge is 2.06. The zero-order chi connectivity index (χ0) is 15.1. The highest BCUT2D eigenvalue weighted by Crippen LogP contribution is 2.18. The second-order valence-electron chi connectivity index (χ2n) is 4.55. The van der Waals surface area contributed by atoms with E-state index in [1.165, 1.54) is 0 Å². The van der Waals surface area contributed by atoms with E-state index in [0.29, 0.717) is 31.6 Å². The minimum Gasteiger partial charge on any atom is -0.496 e. The first-order valence-corrected chi connectivity index (χ1v) is 6.74. The fraction of sp³-hybridized carbons (Fsp3) is 0.357. The van der Waals surface area contributed by atoms with Crippen molar-refractivity contribution in [3.63, 3.8) is 0 Å². The summed E-state index contributed by atoms with van der Waals surface area (Å²) in [6.45, 7) is 0.499. The van der Waals surface area contributed by atoms with Gasteiger partial charge in [-0.25, -0.2) is 0 Å². The molecule has 112 valence electrons. The number of hydrogen-bond donors (Lipinski definition) is 3. The molecular formula is C14H19N5O2. The van der Waals surface area contributed by atoms with E-state index in [4.69, 9.17) is 10.5 Å². The summed E-state index contributed by atoms with van der Waals surface area (Å²) >= 11 is 0. The summed E-state index contributed by atoms with van der Waals surface area (Å²) in [5.41, 5.74) is 6.42. The van der Waals surface area contributed by atoms with E-state index < -0.39 is 0 Å². The normalized spacial score (nSPS) is 10.3. The molecule has 2 rings (SSSR count). The Morgan fingerprint density at radius 2 is 2.19 bits per heavy atom. The average Bonchev–Trinajstić information content (AvgIpc) is 2.91. The molecule has 7 heteroatoms. The molecule has 1 aromatic carbocycles. The number of H-pyrrole nitrogens is 1. The fourth-order valence-corrected chi connectivity index (χ4v) is 1.99. The summed E-state index contributed by atoms with van der Waals surface area (Å²) in [4.78, 5) is 15.8. The third-order valence-electron chi connectivity index (χ3n) is 3.05. The number of amides is 1. The zero-order valence-electron chi connectivity index (χ0n) is 11.9. The Hall–Kier alpha value is -2.57. The summed E-state index contributed by atoms with van der Waals surface area (Å²) < 4.78 is 5.26. The number of carbonyl (C=O) groups excluding carboxylic acids is 1. The maximum atomic E-state index is 11.8. The number of anilines is 1. The maximum Gasteiger partial charge on any atom is 0.239 e. The number of carbonyl (C=O) groups is 1. The van der Waals surface area contributed by atoms with Gasteiger partial charge in [0.15, 0.2) is 0 Å². The van der Waals surface area contributed by atoms with Gasteiger partial charge in [-0.1, -0.05) is 18.2 Å². The van der Waals surface area contributed by atoms with Crippen molar-refractivity contribution in [1.29, 1.82) is 0 Å². The number of aromatic nitrogens is 3. The van der Waals surface area contributed by atoms with Crippen molar-refractivity contribution in [2.75, 3.05) is 19.4 Å². The van der Waals surface area contributed by atoms with E-state index in [-0.39, 0.29) is 11.9 Å². The number of rotatable bonds is 7. The zero-order valence-corrected chi connectivity index (χ0v) is 11.9. The molecule has 1 aromatic heterocycles. The van der Waals surface area contributed by atoms with E-state index in [2.05, 4.69) is 20.5 Å². The highest BCUT2D eigenvalue weighted by molar-refractivity contribution is 5.76. The van der Waals surface area contributed by atoms with Gasteiger partial charge in [-0.15, -0.1) is 5.10 Å². The van der Waals surface area contributed by atoms with Crippen LogP contribution in [0.5, 0.6) is 5.75 Å². The second kappa shape index (κ2) is 7.28. The van der Waals surface area contributed by atoms with Crippen molar-refractivity contribution in [3.8, 4) is 5.75 Å². The molecule has 21 heavy (non-hydrogen) atoms. The van der Waals surface area contributed by atoms with Crippen LogP contribution in [0.15, 0.2) is 24.3 Å². The van der Waals surface area contributed by atoms with Crippen LogP contribution in [0.2, 0.25) is 0 Å². The molecule has 0 spiro atoms. The Balaban J connectivity index is 1.72. The minimum atomic E-state index is -0.00612. The molecular weight excluding hydrogens is 270 g/mol. The Morgan fingerprint density at radius 3 is 2.90 bits per heavy atom. The maximum absolute atomic E-state index is 11.8. The lowest BCUT2D eigenvalue weighted by molar-refractivity contribution is -0.121. The van der Waals surface area contributed by atoms with Gasteiger partial charge in [0.25, 0.3) is 0 Å². The first-order chi connectivity index (χ1) is 10.2. The number of benzene rings is 1. The van der Waals surface area contributed by atoms with Crippen LogP contribution >= 0.6 is 0 Å². The van der Waals surface area contributed by atoms with Gasteiger partial charge in [0.2, 0.25) is 11.9 Å². The summed E-state index contributed by atoms with van der Waals surface area (Å²) in [5, 5.41) is 9.26. The van der Waals surface area contributed by atoms with Crippen molar-refractivity contribution in [1.82, 2.24) is 20.5 Å². The Labute approximate surface area is 122 Å². The molecule has 0 radical (unpaired) electrons. The fourth-order valence-electron chi connectivity index (χ4n) is 1.99. The number of ether oxygens (including phenoxy) is 1. The third kappa shape index (κ3) is 4.48. The van der Waals surface area contributed by atoms with Gasteiger partial charge in [0, 0.05) is 19.4 Å². The average molecular weight is 289 g/mol. The van der Waals surface area contributed by atoms with E-state index in [1.807, 2.05) is 24.3 Å². The lowest BCUT2D eigenvalue weighted by atomic mass is 10.1. The van der Waals surface area contributed by atoms with Crippen LogP contribution in [0.4, 0.5) is 5.95 Å². The molecule has 0 aliphatic rings. The van der Waals surface area contributed by atoms with Crippen LogP contribution in [-0.2, 0) is 17.6 Å². The van der Waals surface area contributed by atoms with Crippen LogP contribution < -0.4 is 15.8 Å². The second-order valence-corrected chi connectivity index (χ2v) is 4.55. The molecule has 0 fully saturated rings. The highest BCUT2D eigenvalue weighted by atomic mass is 16.5. The lowest BCUT2D eigenvalue weighted by Crippen LogP contribution is -2.26. The Kier molecular flexibility index (Phi) is 5.14. The van der Waals surface area contributed by atoms with Crippen LogP contribution in [0.1, 0.15) is 17.8 Å². The van der Waals surface area contributed by atoms with Crippen molar-refractivity contribution >= 4 is 11.9 Å². The number of para-hydroxylation sites is 1. The molecule has 2 aromatic rings. The predicted molar refractivity (Wildman–Crippen MR) is 78.8 cm³/mol. The molecule has 4 N–H and O–H groups in total. The van der Waals surface area contributed by atoms with Crippen LogP contribution in [0.3, 0.4) is 0 Å². The van der Waals surface area contributed by atoms with Crippen LogP contribution in [-0.4, -0.2) is 34.7 Å². The number of nitrogens with one attached hydrogen (secondary N) is 2. The number of aromatic amines is 1. The first-order valence-electron chi connectivity index (χ1n) is 6.74. The topological polar surface area (TPSA) is 106 Å². The molecule has 1 amide bonds. The molecule has 0 unspecified atom stereocenters. The molecule has 1 heterocycles. The van der Waals surface area contributed by atoms with Gasteiger partial charge in [0.05, 0.1) is 7.11 Å². The van der Waals surface area contributed by atoms with Gasteiger partial charge in [-0.05, 0) is 18.1 Å². The van der Waals surface area contributed by atoms with Gasteiger partial charge in [-0.2, -0.15) is 4.98 Å². The third-order valence-corrected chi connectivity index (χ3v) is 3.05. The van der Waals surface area contributed by atoms with Crippen LogP contribution in [0.25, 0.3) is 0 Å². The number of methoxy groups -OCH3 is 1. The quantitative estimate of drug-likeness (QED) is 0.695. The Bertz CT molecular complexity index is 597. The van der Waals surface area contributed by atoms with Gasteiger partial charge < -0.3 is 15.8 Å². The number of nitrogen functional groups attached to an aromatic ring is 1. The molecule has 0 saturated carbocycles. The molecule has 0 aliphatic heterocycles. The van der Waals surface area contributed by atoms with Crippen molar-refractivity contribution in [2.24, 2.45) is 0 Å². The molecule has 0 saturated heterocycles. The SMILES string of the molecule is COc1ccccc1CCC(=O)NCCc1nc(N)n[nH]1. The largest absolute Gasteiger partial charge is 0.496 e. The predicted octanol–water partition coefficient (Wildman–Crippen LogP) is 0.687. The summed E-state index contributed by atoms with van der Waals surface area (Å²) in [6.07, 6.45) is 1.63. The van der Waals surface area contributed by atoms with Gasteiger partial charge >= 0.3 is 0 Å². The van der Waals surface area contributed by atoms with E-state index in [0.717, 1.165) is 11.3 Å². The van der Waals surface area contributed by atoms with Crippen molar-refractivity contribution in [3.05, 3.63) is 35.7 Å². The minimum absolute atomic E-state index is 0.00612. The molecule has 0 aliphatic carbocycles. The van der Waals surface area contributed by atoms with Crippen LogP contribution in [0, 0.1) is 0 Å². The number of nitrogens with two attached hydrogens (primary N) is 1. The smallest absolute Gasteiger partial charge is 0.239 e. The van der Waals surface area contributed by atoms with Crippen molar-refractivity contribution < 1.29 is 9.53 Å². The number of hydrogen-bond acceptors (Lipinski definition) is 5. The van der Waals surface area contributed by atoms with Gasteiger partial charge in [0.1, 0.15) is 11.6 Å². The summed E-state index contributed by atoms with van der Waals surface area (Å²) in [5.74, 6) is 1.68. The molecule has 0 bridgehead atoms. The number of aryl methyl sites for hydroxylation is 1. The van der Waals surface area contributed by atoms with E-state index >= 15 is 0 Å². The van der Waals surface area contributed by atoms with E-state index in [1.54, 1.807) is 7.11 Å². The van der Waals surface area contributed by atoms with Crippen molar-refractivity contribution in [2.45, 2.75) is 19.3 Å².